The summed E-state index contributed by atoms with van der Waals surface area (Å²) in [7, 11) is 0. The molecule has 2 fully saturated rings. The third-order valence-electron chi connectivity index (χ3n) is 3.93. The summed E-state index contributed by atoms with van der Waals surface area (Å²) in [5, 5.41) is 13.1. The van der Waals surface area contributed by atoms with E-state index in [1.165, 1.54) is 25.7 Å². The largest absolute Gasteiger partial charge is 0.394 e. The molecule has 2 aliphatic rings. The van der Waals surface area contributed by atoms with Crippen LogP contribution in [0.2, 0.25) is 0 Å². The summed E-state index contributed by atoms with van der Waals surface area (Å²) in [6, 6.07) is 0. The van der Waals surface area contributed by atoms with Crippen LogP contribution in [-0.2, 0) is 0 Å². The number of hydrogen-bond acceptors (Lipinski definition) is 2. The van der Waals surface area contributed by atoms with Crippen molar-refractivity contribution < 1.29 is 5.11 Å². The maximum Gasteiger partial charge on any atom is 0.0615 e. The summed E-state index contributed by atoms with van der Waals surface area (Å²) in [5.41, 5.74) is 0.0720. The van der Waals surface area contributed by atoms with Crippen LogP contribution in [0.3, 0.4) is 0 Å². The molecule has 0 aliphatic heterocycles. The van der Waals surface area contributed by atoms with Gasteiger partial charge in [0.2, 0.25) is 0 Å². The van der Waals surface area contributed by atoms with Crippen molar-refractivity contribution in [3.05, 3.63) is 0 Å². The minimum absolute atomic E-state index is 0.0720. The molecule has 2 N–H and O–H groups in total. The molecular weight excluding hydrogens is 162 g/mol. The molecule has 2 atom stereocenters. The van der Waals surface area contributed by atoms with Crippen LogP contribution in [0.15, 0.2) is 0 Å². The highest BCUT2D eigenvalue weighted by Gasteiger charge is 2.40. The van der Waals surface area contributed by atoms with Crippen molar-refractivity contribution in [1.29, 1.82) is 0 Å². The van der Waals surface area contributed by atoms with E-state index in [0.717, 1.165) is 18.9 Å². The lowest BCUT2D eigenvalue weighted by molar-refractivity contribution is 0.129. The molecule has 2 nitrogen and oxygen atoms in total. The Morgan fingerprint density at radius 3 is 2.62 bits per heavy atom. The topological polar surface area (TPSA) is 32.3 Å². The summed E-state index contributed by atoms with van der Waals surface area (Å²) in [4.78, 5) is 0. The van der Waals surface area contributed by atoms with E-state index in [1.807, 2.05) is 0 Å². The Balaban J connectivity index is 1.88. The normalized spacial score (nSPS) is 39.7. The predicted octanol–water partition coefficient (Wildman–Crippen LogP) is 1.54. The predicted molar refractivity (Wildman–Crippen MR) is 53.6 cm³/mol. The van der Waals surface area contributed by atoms with Gasteiger partial charge in [0.25, 0.3) is 0 Å². The molecule has 0 bridgehead atoms. The zero-order valence-electron chi connectivity index (χ0n) is 8.55. The lowest BCUT2D eigenvalue weighted by Gasteiger charge is -2.33. The standard InChI is InChI=1S/C11H21NO/c1-9-3-2-6-11(9,8-13)12-7-10-4-5-10/h9-10,12-13H,2-8H2,1H3. The van der Waals surface area contributed by atoms with Crippen LogP contribution in [0.4, 0.5) is 0 Å². The third kappa shape index (κ3) is 1.89. The summed E-state index contributed by atoms with van der Waals surface area (Å²) >= 11 is 0. The van der Waals surface area contributed by atoms with E-state index in [9.17, 15) is 5.11 Å². The molecule has 2 unspecified atom stereocenters. The number of rotatable bonds is 4. The monoisotopic (exact) mass is 183 g/mol. The van der Waals surface area contributed by atoms with Crippen molar-refractivity contribution in [1.82, 2.24) is 5.32 Å². The molecule has 2 heteroatoms. The van der Waals surface area contributed by atoms with Crippen LogP contribution in [0, 0.1) is 11.8 Å². The van der Waals surface area contributed by atoms with Crippen molar-refractivity contribution >= 4 is 0 Å². The lowest BCUT2D eigenvalue weighted by atomic mass is 9.89. The van der Waals surface area contributed by atoms with Gasteiger partial charge < -0.3 is 10.4 Å². The molecule has 2 aliphatic carbocycles. The van der Waals surface area contributed by atoms with Gasteiger partial charge in [-0.2, -0.15) is 0 Å². The van der Waals surface area contributed by atoms with Crippen molar-refractivity contribution in [2.75, 3.05) is 13.2 Å². The second-order valence-corrected chi connectivity index (χ2v) is 4.93. The smallest absolute Gasteiger partial charge is 0.0615 e. The van der Waals surface area contributed by atoms with E-state index in [1.54, 1.807) is 0 Å². The minimum atomic E-state index is 0.0720. The Morgan fingerprint density at radius 2 is 2.15 bits per heavy atom. The third-order valence-corrected chi connectivity index (χ3v) is 3.93. The average Bonchev–Trinajstić information content (AvgIpc) is 2.89. The first kappa shape index (κ1) is 9.47. The molecule has 2 saturated carbocycles. The van der Waals surface area contributed by atoms with Crippen LogP contribution >= 0.6 is 0 Å². The van der Waals surface area contributed by atoms with E-state index in [4.69, 9.17) is 0 Å². The highest BCUT2D eigenvalue weighted by molar-refractivity contribution is 4.98. The van der Waals surface area contributed by atoms with Gasteiger partial charge in [0.1, 0.15) is 0 Å². The Hall–Kier alpha value is -0.0800. The zero-order chi connectivity index (χ0) is 9.31. The summed E-state index contributed by atoms with van der Waals surface area (Å²) in [6.45, 7) is 3.72. The molecule has 0 aromatic rings. The maximum absolute atomic E-state index is 9.46. The van der Waals surface area contributed by atoms with Gasteiger partial charge in [0, 0.05) is 5.54 Å². The summed E-state index contributed by atoms with van der Waals surface area (Å²) in [6.07, 6.45) is 6.50. The molecule has 0 amide bonds. The van der Waals surface area contributed by atoms with Crippen molar-refractivity contribution in [3.63, 3.8) is 0 Å². The van der Waals surface area contributed by atoms with Crippen LogP contribution in [0.5, 0.6) is 0 Å². The van der Waals surface area contributed by atoms with Crippen LogP contribution in [-0.4, -0.2) is 23.8 Å². The SMILES string of the molecule is CC1CCCC1(CO)NCC1CC1. The fraction of sp³-hybridized carbons (Fsp3) is 1.00. The van der Waals surface area contributed by atoms with Gasteiger partial charge in [-0.3, -0.25) is 0 Å². The van der Waals surface area contributed by atoms with Crippen molar-refractivity contribution in [3.8, 4) is 0 Å². The molecule has 76 valence electrons. The van der Waals surface area contributed by atoms with E-state index in [-0.39, 0.29) is 5.54 Å². The van der Waals surface area contributed by atoms with Gasteiger partial charge >= 0.3 is 0 Å². The average molecular weight is 183 g/mol. The lowest BCUT2D eigenvalue weighted by Crippen LogP contribution is -2.51. The second kappa shape index (κ2) is 3.58. The molecule has 0 spiro atoms. The number of aliphatic hydroxyl groups excluding tert-OH is 1. The molecular formula is C11H21NO. The van der Waals surface area contributed by atoms with Gasteiger partial charge in [0.05, 0.1) is 6.61 Å². The van der Waals surface area contributed by atoms with Gasteiger partial charge in [0.15, 0.2) is 0 Å². The fourth-order valence-electron chi connectivity index (χ4n) is 2.47. The molecule has 0 aromatic heterocycles. The van der Waals surface area contributed by atoms with E-state index >= 15 is 0 Å². The first-order valence-corrected chi connectivity index (χ1v) is 5.63. The first-order valence-electron chi connectivity index (χ1n) is 5.63. The first-order chi connectivity index (χ1) is 6.27. The zero-order valence-corrected chi connectivity index (χ0v) is 8.55. The Kier molecular flexibility index (Phi) is 2.61. The Morgan fingerprint density at radius 1 is 1.38 bits per heavy atom. The summed E-state index contributed by atoms with van der Waals surface area (Å²) < 4.78 is 0. The van der Waals surface area contributed by atoms with Gasteiger partial charge in [-0.15, -0.1) is 0 Å². The van der Waals surface area contributed by atoms with Crippen LogP contribution in [0.1, 0.15) is 39.0 Å². The number of nitrogens with one attached hydrogen (secondary N) is 1. The highest BCUT2D eigenvalue weighted by Crippen LogP contribution is 2.36. The van der Waals surface area contributed by atoms with E-state index in [2.05, 4.69) is 12.2 Å². The fourth-order valence-corrected chi connectivity index (χ4v) is 2.47. The maximum atomic E-state index is 9.46. The van der Waals surface area contributed by atoms with Gasteiger partial charge in [-0.05, 0) is 44.1 Å². The summed E-state index contributed by atoms with van der Waals surface area (Å²) in [5.74, 6) is 1.56. The van der Waals surface area contributed by atoms with Crippen molar-refractivity contribution in [2.45, 2.75) is 44.6 Å². The van der Waals surface area contributed by atoms with Gasteiger partial charge in [-0.25, -0.2) is 0 Å². The van der Waals surface area contributed by atoms with Gasteiger partial charge in [-0.1, -0.05) is 13.3 Å². The molecule has 0 saturated heterocycles. The minimum Gasteiger partial charge on any atom is -0.394 e. The Bertz CT molecular complexity index is 179. The van der Waals surface area contributed by atoms with Crippen molar-refractivity contribution in [2.24, 2.45) is 11.8 Å². The number of hydrogen-bond donors (Lipinski definition) is 2. The molecule has 0 heterocycles. The second-order valence-electron chi connectivity index (χ2n) is 4.93. The van der Waals surface area contributed by atoms with Crippen LogP contribution in [0.25, 0.3) is 0 Å². The van der Waals surface area contributed by atoms with E-state index < -0.39 is 0 Å². The van der Waals surface area contributed by atoms with Crippen LogP contribution < -0.4 is 5.32 Å². The molecule has 0 radical (unpaired) electrons. The molecule has 2 rings (SSSR count). The quantitative estimate of drug-likeness (QED) is 0.693. The molecule has 0 aromatic carbocycles. The number of aliphatic hydroxyl groups is 1. The Labute approximate surface area is 80.7 Å². The van der Waals surface area contributed by atoms with E-state index in [0.29, 0.717) is 12.5 Å². The molecule has 13 heavy (non-hydrogen) atoms. The highest BCUT2D eigenvalue weighted by atomic mass is 16.3.